The number of benzene rings is 2. The van der Waals surface area contributed by atoms with Crippen molar-refractivity contribution in [2.45, 2.75) is 12.8 Å². The van der Waals surface area contributed by atoms with Gasteiger partial charge in [-0.05, 0) is 36.1 Å². The van der Waals surface area contributed by atoms with E-state index in [-0.39, 0.29) is 12.5 Å². The third-order valence-corrected chi connectivity index (χ3v) is 3.61. The Bertz CT molecular complexity index is 727. The zero-order valence-corrected chi connectivity index (χ0v) is 14.7. The molecule has 0 saturated carbocycles. The molecule has 0 aliphatic rings. The third-order valence-electron chi connectivity index (χ3n) is 3.61. The average Bonchev–Trinajstić information content (AvgIpc) is 2.69. The summed E-state index contributed by atoms with van der Waals surface area (Å²) in [6, 6.07) is 16.8. The molecule has 2 rings (SSSR count). The van der Waals surface area contributed by atoms with E-state index >= 15 is 0 Å². The Labute approximate surface area is 152 Å². The molecule has 2 aromatic rings. The molecule has 0 radical (unpaired) electrons. The van der Waals surface area contributed by atoms with E-state index in [2.05, 4.69) is 27.3 Å². The summed E-state index contributed by atoms with van der Waals surface area (Å²) in [5, 5.41) is 6.54. The van der Waals surface area contributed by atoms with E-state index < -0.39 is 5.97 Å². The minimum atomic E-state index is -0.395. The van der Waals surface area contributed by atoms with E-state index in [1.807, 2.05) is 18.2 Å². The number of carbonyl (C=O) groups is 2. The van der Waals surface area contributed by atoms with Crippen molar-refractivity contribution in [3.8, 4) is 0 Å². The monoisotopic (exact) mass is 354 g/mol. The van der Waals surface area contributed by atoms with Crippen LogP contribution in [0.3, 0.4) is 0 Å². The second kappa shape index (κ2) is 10.7. The second-order valence-electron chi connectivity index (χ2n) is 5.56. The number of methoxy groups -OCH3 is 1. The fraction of sp³-hybridized carbons (Fsp3) is 0.250. The average molecular weight is 354 g/mol. The molecule has 1 amide bonds. The second-order valence-corrected chi connectivity index (χ2v) is 5.56. The van der Waals surface area contributed by atoms with Gasteiger partial charge in [0.25, 0.3) is 5.91 Å². The minimum absolute atomic E-state index is 0.137. The van der Waals surface area contributed by atoms with Crippen LogP contribution in [0.2, 0.25) is 0 Å². The topological polar surface area (TPSA) is 77.0 Å². The van der Waals surface area contributed by atoms with Crippen molar-refractivity contribution in [2.75, 3.05) is 20.3 Å². The summed E-state index contributed by atoms with van der Waals surface area (Å²) >= 11 is 0. The van der Waals surface area contributed by atoms with Gasteiger partial charge >= 0.3 is 5.97 Å². The molecule has 6 nitrogen and oxygen atoms in total. The molecule has 0 saturated heterocycles. The molecular weight excluding hydrogens is 332 g/mol. The molecule has 0 bridgehead atoms. The molecule has 1 N–H and O–H groups in total. The quantitative estimate of drug-likeness (QED) is 0.325. The summed E-state index contributed by atoms with van der Waals surface area (Å²) in [7, 11) is 1.33. The molecule has 26 heavy (non-hydrogen) atoms. The third kappa shape index (κ3) is 6.76. The Balaban J connectivity index is 1.61. The van der Waals surface area contributed by atoms with Crippen molar-refractivity contribution >= 4 is 18.1 Å². The van der Waals surface area contributed by atoms with Crippen LogP contribution in [-0.2, 0) is 20.8 Å². The van der Waals surface area contributed by atoms with Crippen LogP contribution in [0.4, 0.5) is 0 Å². The molecule has 136 valence electrons. The molecule has 2 aromatic carbocycles. The molecule has 0 atom stereocenters. The highest BCUT2D eigenvalue weighted by molar-refractivity contribution is 5.90. The first-order valence-electron chi connectivity index (χ1n) is 8.33. The summed E-state index contributed by atoms with van der Waals surface area (Å²) in [5.41, 5.74) is 2.46. The summed E-state index contributed by atoms with van der Waals surface area (Å²) in [4.78, 5) is 28.0. The fourth-order valence-electron chi connectivity index (χ4n) is 2.23. The fourth-order valence-corrected chi connectivity index (χ4v) is 2.23. The van der Waals surface area contributed by atoms with Gasteiger partial charge in [0.05, 0.1) is 18.9 Å². The van der Waals surface area contributed by atoms with Crippen molar-refractivity contribution in [3.63, 3.8) is 0 Å². The molecule has 6 heteroatoms. The maximum absolute atomic E-state index is 11.7. The highest BCUT2D eigenvalue weighted by atomic mass is 16.6. The Morgan fingerprint density at radius 1 is 1.08 bits per heavy atom. The van der Waals surface area contributed by atoms with Crippen LogP contribution in [-0.4, -0.2) is 38.4 Å². The standard InChI is InChI=1S/C20H22N2O4/c1-25-20(24)18-11-9-17(10-12-18)14-22-26-15-19(23)21-13-5-8-16-6-3-2-4-7-16/h2-4,6-7,9-12,14H,5,8,13,15H2,1H3,(H,21,23)/b22-14+. The van der Waals surface area contributed by atoms with E-state index in [0.717, 1.165) is 18.4 Å². The number of carbonyl (C=O) groups excluding carboxylic acids is 2. The number of nitrogens with one attached hydrogen (secondary N) is 1. The van der Waals surface area contributed by atoms with Gasteiger partial charge in [-0.15, -0.1) is 0 Å². The molecule has 0 unspecified atom stereocenters. The molecule has 0 heterocycles. The number of oxime groups is 1. The lowest BCUT2D eigenvalue weighted by Gasteiger charge is -2.04. The summed E-state index contributed by atoms with van der Waals surface area (Å²) in [6.45, 7) is 0.456. The van der Waals surface area contributed by atoms with Crippen molar-refractivity contribution in [2.24, 2.45) is 5.16 Å². The Morgan fingerprint density at radius 3 is 2.50 bits per heavy atom. The number of amides is 1. The van der Waals surface area contributed by atoms with Crippen molar-refractivity contribution in [3.05, 3.63) is 71.3 Å². The molecule has 0 aromatic heterocycles. The number of rotatable bonds is 9. The maximum Gasteiger partial charge on any atom is 0.337 e. The number of aryl methyl sites for hydroxylation is 1. The Kier molecular flexibility index (Phi) is 7.86. The van der Waals surface area contributed by atoms with E-state index in [0.29, 0.717) is 12.1 Å². The highest BCUT2D eigenvalue weighted by Gasteiger charge is 2.03. The minimum Gasteiger partial charge on any atom is -0.465 e. The highest BCUT2D eigenvalue weighted by Crippen LogP contribution is 2.04. The molecule has 0 fully saturated rings. The van der Waals surface area contributed by atoms with Gasteiger partial charge in [-0.3, -0.25) is 4.79 Å². The number of hydrogen-bond donors (Lipinski definition) is 1. The summed E-state index contributed by atoms with van der Waals surface area (Å²) in [5.74, 6) is -0.607. The van der Waals surface area contributed by atoms with Gasteiger partial charge in [-0.2, -0.15) is 0 Å². The van der Waals surface area contributed by atoms with E-state index in [4.69, 9.17) is 4.84 Å². The Morgan fingerprint density at radius 2 is 1.81 bits per heavy atom. The lowest BCUT2D eigenvalue weighted by Crippen LogP contribution is -2.28. The van der Waals surface area contributed by atoms with Crippen molar-refractivity contribution in [1.82, 2.24) is 5.32 Å². The normalized spacial score (nSPS) is 10.5. The first-order chi connectivity index (χ1) is 12.7. The van der Waals surface area contributed by atoms with Crippen LogP contribution >= 0.6 is 0 Å². The van der Waals surface area contributed by atoms with Gasteiger partial charge in [0.2, 0.25) is 0 Å². The predicted octanol–water partition coefficient (Wildman–Crippen LogP) is 2.57. The van der Waals surface area contributed by atoms with Crippen LogP contribution in [0, 0.1) is 0 Å². The zero-order chi connectivity index (χ0) is 18.6. The van der Waals surface area contributed by atoms with Gasteiger partial charge in [0.1, 0.15) is 0 Å². The summed E-state index contributed by atoms with van der Waals surface area (Å²) < 4.78 is 4.62. The molecule has 0 aliphatic carbocycles. The van der Waals surface area contributed by atoms with Crippen LogP contribution in [0.15, 0.2) is 59.8 Å². The number of esters is 1. The van der Waals surface area contributed by atoms with Crippen molar-refractivity contribution < 1.29 is 19.2 Å². The first kappa shape index (κ1) is 19.2. The van der Waals surface area contributed by atoms with Crippen LogP contribution in [0.1, 0.15) is 27.9 Å². The smallest absolute Gasteiger partial charge is 0.337 e. The first-order valence-corrected chi connectivity index (χ1v) is 8.33. The van der Waals surface area contributed by atoms with Gasteiger partial charge < -0.3 is 14.9 Å². The van der Waals surface area contributed by atoms with E-state index in [9.17, 15) is 9.59 Å². The lowest BCUT2D eigenvalue weighted by atomic mass is 10.1. The van der Waals surface area contributed by atoms with Crippen LogP contribution in [0.5, 0.6) is 0 Å². The summed E-state index contributed by atoms with van der Waals surface area (Å²) in [6.07, 6.45) is 3.26. The SMILES string of the molecule is COC(=O)c1ccc(/C=N/OCC(=O)NCCCc2ccccc2)cc1. The van der Waals surface area contributed by atoms with Crippen molar-refractivity contribution in [1.29, 1.82) is 0 Å². The zero-order valence-electron chi connectivity index (χ0n) is 14.7. The molecule has 0 spiro atoms. The predicted molar refractivity (Wildman–Crippen MR) is 99.1 cm³/mol. The number of nitrogens with zero attached hydrogens (tertiary/aromatic N) is 1. The van der Waals surface area contributed by atoms with E-state index in [1.54, 1.807) is 24.3 Å². The number of hydrogen-bond acceptors (Lipinski definition) is 5. The van der Waals surface area contributed by atoms with Gasteiger partial charge in [0.15, 0.2) is 6.61 Å². The lowest BCUT2D eigenvalue weighted by molar-refractivity contribution is -0.125. The molecule has 0 aliphatic heterocycles. The van der Waals surface area contributed by atoms with Gasteiger partial charge in [-0.1, -0.05) is 47.6 Å². The Hall–Kier alpha value is -3.15. The molecular formula is C20H22N2O4. The van der Waals surface area contributed by atoms with Gasteiger partial charge in [0, 0.05) is 6.54 Å². The number of ether oxygens (including phenoxy) is 1. The van der Waals surface area contributed by atoms with Crippen LogP contribution < -0.4 is 5.32 Å². The van der Waals surface area contributed by atoms with Gasteiger partial charge in [-0.25, -0.2) is 4.79 Å². The maximum atomic E-state index is 11.7. The van der Waals surface area contributed by atoms with E-state index in [1.165, 1.54) is 18.9 Å². The van der Waals surface area contributed by atoms with Crippen LogP contribution in [0.25, 0.3) is 0 Å². The largest absolute Gasteiger partial charge is 0.465 e.